The Morgan fingerprint density at radius 1 is 1.73 bits per heavy atom. The van der Waals surface area contributed by atoms with Crippen LogP contribution in [0.4, 0.5) is 0 Å². The Labute approximate surface area is 71.3 Å². The fourth-order valence-corrected chi connectivity index (χ4v) is 2.97. The molecule has 1 rings (SSSR count). The molecule has 0 N–H and O–H groups in total. The van der Waals surface area contributed by atoms with Crippen molar-refractivity contribution in [2.45, 2.75) is 38.9 Å². The average Bonchev–Trinajstić information content (AvgIpc) is 1.99. The van der Waals surface area contributed by atoms with Crippen molar-refractivity contribution < 1.29 is 4.21 Å². The highest BCUT2D eigenvalue weighted by Crippen LogP contribution is 2.26. The van der Waals surface area contributed by atoms with Crippen molar-refractivity contribution in [2.24, 2.45) is 5.92 Å². The maximum Gasteiger partial charge on any atom is 0.0511 e. The molecule has 0 saturated carbocycles. The summed E-state index contributed by atoms with van der Waals surface area (Å²) in [6.45, 7) is 6.25. The third-order valence-electron chi connectivity index (χ3n) is 2.31. The van der Waals surface area contributed by atoms with Crippen LogP contribution in [-0.4, -0.2) is 9.46 Å². The first kappa shape index (κ1) is 8.98. The van der Waals surface area contributed by atoms with Crippen molar-refractivity contribution >= 4 is 10.8 Å². The minimum atomic E-state index is -0.691. The van der Waals surface area contributed by atoms with Crippen molar-refractivity contribution in [3.63, 3.8) is 0 Å². The molecule has 0 bridgehead atoms. The zero-order valence-electron chi connectivity index (χ0n) is 7.46. The zero-order chi connectivity index (χ0) is 8.43. The SMILES string of the molecule is CCC1C=C(C)S(=O)C(C)C1. The normalized spacial score (nSPS) is 38.5. The summed E-state index contributed by atoms with van der Waals surface area (Å²) in [6.07, 6.45) is 4.45. The van der Waals surface area contributed by atoms with Crippen LogP contribution in [0.1, 0.15) is 33.6 Å². The summed E-state index contributed by atoms with van der Waals surface area (Å²) in [4.78, 5) is 1.08. The minimum Gasteiger partial charge on any atom is -0.254 e. The van der Waals surface area contributed by atoms with Crippen LogP contribution in [0.5, 0.6) is 0 Å². The van der Waals surface area contributed by atoms with Gasteiger partial charge in [-0.2, -0.15) is 0 Å². The topological polar surface area (TPSA) is 17.1 Å². The lowest BCUT2D eigenvalue weighted by molar-refractivity contribution is 0.550. The standard InChI is InChI=1S/C9H16OS/c1-4-9-5-7(2)11(10)8(3)6-9/h5,8-9H,4,6H2,1-3H3. The van der Waals surface area contributed by atoms with Crippen LogP contribution in [0.2, 0.25) is 0 Å². The van der Waals surface area contributed by atoms with Gasteiger partial charge in [0.1, 0.15) is 0 Å². The number of rotatable bonds is 1. The van der Waals surface area contributed by atoms with Gasteiger partial charge in [-0.25, -0.2) is 0 Å². The molecule has 1 aliphatic rings. The Morgan fingerprint density at radius 3 is 2.82 bits per heavy atom. The first-order valence-electron chi connectivity index (χ1n) is 4.24. The number of allylic oxidation sites excluding steroid dienone is 2. The molecule has 64 valence electrons. The molecule has 2 heteroatoms. The van der Waals surface area contributed by atoms with Crippen molar-refractivity contribution in [2.75, 3.05) is 0 Å². The molecule has 3 atom stereocenters. The van der Waals surface area contributed by atoms with E-state index >= 15 is 0 Å². The van der Waals surface area contributed by atoms with E-state index in [0.717, 1.165) is 11.3 Å². The van der Waals surface area contributed by atoms with E-state index in [1.54, 1.807) is 0 Å². The van der Waals surface area contributed by atoms with Crippen LogP contribution >= 0.6 is 0 Å². The molecule has 0 amide bonds. The van der Waals surface area contributed by atoms with Gasteiger partial charge in [0.05, 0.1) is 10.8 Å². The number of hydrogen-bond acceptors (Lipinski definition) is 1. The maximum atomic E-state index is 11.4. The van der Waals surface area contributed by atoms with Crippen LogP contribution in [0.3, 0.4) is 0 Å². The highest BCUT2D eigenvalue weighted by Gasteiger charge is 2.21. The summed E-state index contributed by atoms with van der Waals surface area (Å²) in [5, 5.41) is 0.366. The molecular formula is C9H16OS. The fourth-order valence-electron chi connectivity index (χ4n) is 1.58. The fraction of sp³-hybridized carbons (Fsp3) is 0.778. The lowest BCUT2D eigenvalue weighted by Gasteiger charge is -2.22. The smallest absolute Gasteiger partial charge is 0.0511 e. The molecule has 3 unspecified atom stereocenters. The molecular weight excluding hydrogens is 156 g/mol. The zero-order valence-corrected chi connectivity index (χ0v) is 8.28. The van der Waals surface area contributed by atoms with Gasteiger partial charge >= 0.3 is 0 Å². The Balaban J connectivity index is 2.76. The van der Waals surface area contributed by atoms with Gasteiger partial charge in [0, 0.05) is 10.2 Å². The third kappa shape index (κ3) is 1.92. The van der Waals surface area contributed by atoms with Crippen molar-refractivity contribution in [3.05, 3.63) is 11.0 Å². The first-order valence-corrected chi connectivity index (χ1v) is 5.45. The van der Waals surface area contributed by atoms with Gasteiger partial charge in [-0.3, -0.25) is 4.21 Å². The monoisotopic (exact) mass is 172 g/mol. The minimum absolute atomic E-state index is 0.366. The molecule has 0 aliphatic carbocycles. The summed E-state index contributed by atoms with van der Waals surface area (Å²) in [5.41, 5.74) is 0. The highest BCUT2D eigenvalue weighted by atomic mass is 32.2. The summed E-state index contributed by atoms with van der Waals surface area (Å²) in [7, 11) is -0.691. The predicted molar refractivity (Wildman–Crippen MR) is 49.8 cm³/mol. The Bertz CT molecular complexity index is 196. The molecule has 0 saturated heterocycles. The summed E-state index contributed by atoms with van der Waals surface area (Å²) >= 11 is 0. The molecule has 1 nitrogen and oxygen atoms in total. The highest BCUT2D eigenvalue weighted by molar-refractivity contribution is 7.89. The van der Waals surface area contributed by atoms with E-state index < -0.39 is 10.8 Å². The van der Waals surface area contributed by atoms with Crippen LogP contribution < -0.4 is 0 Å². The van der Waals surface area contributed by atoms with Gasteiger partial charge in [-0.05, 0) is 25.7 Å². The van der Waals surface area contributed by atoms with Gasteiger partial charge in [0.25, 0.3) is 0 Å². The van der Waals surface area contributed by atoms with Crippen LogP contribution in [0.25, 0.3) is 0 Å². The second-order valence-electron chi connectivity index (χ2n) is 3.29. The van der Waals surface area contributed by atoms with Gasteiger partial charge in [0.2, 0.25) is 0 Å². The molecule has 0 radical (unpaired) electrons. The van der Waals surface area contributed by atoms with E-state index in [1.807, 2.05) is 6.92 Å². The van der Waals surface area contributed by atoms with Crippen LogP contribution in [-0.2, 0) is 10.8 Å². The quantitative estimate of drug-likeness (QED) is 0.594. The van der Waals surface area contributed by atoms with Gasteiger partial charge in [0.15, 0.2) is 0 Å². The number of hydrogen-bond donors (Lipinski definition) is 0. The van der Waals surface area contributed by atoms with E-state index in [2.05, 4.69) is 19.9 Å². The molecule has 1 heterocycles. The third-order valence-corrected chi connectivity index (χ3v) is 4.01. The molecule has 0 aromatic rings. The summed E-state index contributed by atoms with van der Waals surface area (Å²) < 4.78 is 11.4. The molecule has 0 aromatic carbocycles. The average molecular weight is 172 g/mol. The van der Waals surface area contributed by atoms with E-state index in [0.29, 0.717) is 11.2 Å². The summed E-state index contributed by atoms with van der Waals surface area (Å²) in [6, 6.07) is 0. The second kappa shape index (κ2) is 3.53. The molecule has 0 spiro atoms. The second-order valence-corrected chi connectivity index (χ2v) is 5.33. The molecule has 0 aromatic heterocycles. The van der Waals surface area contributed by atoms with Gasteiger partial charge < -0.3 is 0 Å². The molecule has 1 aliphatic heterocycles. The predicted octanol–water partition coefficient (Wildman–Crippen LogP) is 2.46. The Hall–Kier alpha value is -0.110. The van der Waals surface area contributed by atoms with Crippen LogP contribution in [0.15, 0.2) is 11.0 Å². The molecule has 11 heavy (non-hydrogen) atoms. The maximum absolute atomic E-state index is 11.4. The van der Waals surface area contributed by atoms with E-state index in [9.17, 15) is 4.21 Å². The van der Waals surface area contributed by atoms with E-state index in [1.165, 1.54) is 6.42 Å². The first-order chi connectivity index (χ1) is 5.15. The lowest BCUT2D eigenvalue weighted by atomic mass is 10.00. The summed E-state index contributed by atoms with van der Waals surface area (Å²) in [5.74, 6) is 0.669. The van der Waals surface area contributed by atoms with Crippen LogP contribution in [0, 0.1) is 5.92 Å². The van der Waals surface area contributed by atoms with Crippen molar-refractivity contribution in [1.82, 2.24) is 0 Å². The largest absolute Gasteiger partial charge is 0.254 e. The van der Waals surface area contributed by atoms with E-state index in [4.69, 9.17) is 0 Å². The lowest BCUT2D eigenvalue weighted by Crippen LogP contribution is -2.20. The van der Waals surface area contributed by atoms with Gasteiger partial charge in [-0.15, -0.1) is 0 Å². The van der Waals surface area contributed by atoms with E-state index in [-0.39, 0.29) is 0 Å². The van der Waals surface area contributed by atoms with Crippen molar-refractivity contribution in [3.8, 4) is 0 Å². The Kier molecular flexibility index (Phi) is 2.88. The Morgan fingerprint density at radius 2 is 2.36 bits per heavy atom. The van der Waals surface area contributed by atoms with Gasteiger partial charge in [-0.1, -0.05) is 19.9 Å². The molecule has 0 fully saturated rings. The van der Waals surface area contributed by atoms with Crippen molar-refractivity contribution in [1.29, 1.82) is 0 Å².